The van der Waals surface area contributed by atoms with Gasteiger partial charge in [0.1, 0.15) is 0 Å². The van der Waals surface area contributed by atoms with Gasteiger partial charge < -0.3 is 9.13 Å². The lowest BCUT2D eigenvalue weighted by atomic mass is 9.98. The van der Waals surface area contributed by atoms with E-state index in [2.05, 4.69) is 109 Å². The summed E-state index contributed by atoms with van der Waals surface area (Å²) in [6.07, 6.45) is 0. The second kappa shape index (κ2) is 6.24. The number of para-hydroxylation sites is 2. The van der Waals surface area contributed by atoms with Gasteiger partial charge in [0.25, 0.3) is 0 Å². The van der Waals surface area contributed by atoms with Crippen LogP contribution in [0, 0.1) is 13.8 Å². The van der Waals surface area contributed by atoms with Gasteiger partial charge >= 0.3 is 0 Å². The highest BCUT2D eigenvalue weighted by molar-refractivity contribution is 6.27. The summed E-state index contributed by atoms with van der Waals surface area (Å²) in [7, 11) is 2.21. The van der Waals surface area contributed by atoms with Crippen molar-refractivity contribution in [3.05, 3.63) is 95.6 Å². The van der Waals surface area contributed by atoms with Gasteiger partial charge in [0, 0.05) is 46.2 Å². The zero-order valence-electron chi connectivity index (χ0n) is 17.6. The molecule has 6 rings (SSSR count). The van der Waals surface area contributed by atoms with Crippen molar-refractivity contribution >= 4 is 43.6 Å². The Bertz CT molecular complexity index is 1580. The second-order valence-electron chi connectivity index (χ2n) is 8.36. The lowest BCUT2D eigenvalue weighted by Crippen LogP contribution is -2.01. The molecule has 2 aromatic heterocycles. The van der Waals surface area contributed by atoms with Crippen LogP contribution in [-0.2, 0) is 13.6 Å². The van der Waals surface area contributed by atoms with Crippen molar-refractivity contribution in [1.82, 2.24) is 9.13 Å². The summed E-state index contributed by atoms with van der Waals surface area (Å²) in [5.41, 5.74) is 9.38. The van der Waals surface area contributed by atoms with Crippen LogP contribution in [0.2, 0.25) is 0 Å². The minimum absolute atomic E-state index is 0.876. The molecule has 146 valence electrons. The van der Waals surface area contributed by atoms with Gasteiger partial charge in [-0.05, 0) is 42.7 Å². The highest BCUT2D eigenvalue weighted by atomic mass is 15.0. The molecular formula is C28H24N2. The lowest BCUT2D eigenvalue weighted by Gasteiger charge is -2.13. The Labute approximate surface area is 176 Å². The topological polar surface area (TPSA) is 9.86 Å². The molecule has 0 unspecified atom stereocenters. The lowest BCUT2D eigenvalue weighted by molar-refractivity contribution is 0.865. The number of aryl methyl sites for hydroxylation is 3. The second-order valence-corrected chi connectivity index (χ2v) is 8.36. The van der Waals surface area contributed by atoms with Crippen LogP contribution in [0.5, 0.6) is 0 Å². The molecule has 0 saturated carbocycles. The number of benzene rings is 4. The van der Waals surface area contributed by atoms with E-state index in [9.17, 15) is 0 Å². The van der Waals surface area contributed by atoms with Gasteiger partial charge in [-0.15, -0.1) is 0 Å². The summed E-state index contributed by atoms with van der Waals surface area (Å²) in [6, 6.07) is 28.4. The number of nitrogens with zero attached hydrogens (tertiary/aromatic N) is 2. The molecule has 0 aliphatic heterocycles. The molecule has 0 atom stereocenters. The zero-order valence-corrected chi connectivity index (χ0v) is 17.6. The molecule has 2 nitrogen and oxygen atoms in total. The maximum absolute atomic E-state index is 2.51. The van der Waals surface area contributed by atoms with Crippen molar-refractivity contribution in [1.29, 1.82) is 0 Å². The van der Waals surface area contributed by atoms with Crippen molar-refractivity contribution in [3.63, 3.8) is 0 Å². The largest absolute Gasteiger partial charge is 0.343 e. The Morgan fingerprint density at radius 2 is 1.20 bits per heavy atom. The van der Waals surface area contributed by atoms with E-state index in [-0.39, 0.29) is 0 Å². The number of fused-ring (bicyclic) bond motifs is 7. The molecular weight excluding hydrogens is 364 g/mol. The smallest absolute Gasteiger partial charge is 0.0593 e. The van der Waals surface area contributed by atoms with Gasteiger partial charge in [0.15, 0.2) is 0 Å². The SMILES string of the molecule is Cc1c(C)c2c(c3ccccc3n2Cc2ccccc2)c2c1c1ccccc1n2C. The summed E-state index contributed by atoms with van der Waals surface area (Å²) >= 11 is 0. The predicted molar refractivity (Wildman–Crippen MR) is 128 cm³/mol. The van der Waals surface area contributed by atoms with Crippen LogP contribution in [0.4, 0.5) is 0 Å². The first-order chi connectivity index (χ1) is 14.7. The van der Waals surface area contributed by atoms with Gasteiger partial charge in [-0.2, -0.15) is 0 Å². The molecule has 0 N–H and O–H groups in total. The minimum atomic E-state index is 0.876. The molecule has 4 aromatic carbocycles. The molecule has 0 saturated heterocycles. The first kappa shape index (κ1) is 17.3. The van der Waals surface area contributed by atoms with Gasteiger partial charge in [-0.25, -0.2) is 0 Å². The average Bonchev–Trinajstić information content (AvgIpc) is 3.26. The highest BCUT2D eigenvalue weighted by Gasteiger charge is 2.22. The molecule has 6 aromatic rings. The van der Waals surface area contributed by atoms with Gasteiger partial charge in [-0.1, -0.05) is 66.7 Å². The van der Waals surface area contributed by atoms with Crippen molar-refractivity contribution in [2.45, 2.75) is 20.4 Å². The summed E-state index contributed by atoms with van der Waals surface area (Å²) in [5, 5.41) is 5.44. The standard InChI is InChI=1S/C28H24N2/c1-18-19(2)27-26(28-25(18)21-13-7-9-15-23(21)29(28)3)22-14-8-10-16-24(22)30(27)17-20-11-5-4-6-12-20/h4-16H,17H2,1-3H3. The molecule has 0 amide bonds. The molecule has 0 aliphatic carbocycles. The highest BCUT2D eigenvalue weighted by Crippen LogP contribution is 2.42. The Balaban J connectivity index is 1.87. The van der Waals surface area contributed by atoms with Crippen LogP contribution in [0.15, 0.2) is 78.9 Å². The van der Waals surface area contributed by atoms with Crippen molar-refractivity contribution in [2.24, 2.45) is 7.05 Å². The van der Waals surface area contributed by atoms with Crippen LogP contribution in [0.3, 0.4) is 0 Å². The predicted octanol–water partition coefficient (Wildman–Crippen LogP) is 7.10. The molecule has 0 fully saturated rings. The third-order valence-electron chi connectivity index (χ3n) is 6.79. The van der Waals surface area contributed by atoms with Crippen molar-refractivity contribution < 1.29 is 0 Å². The molecule has 0 radical (unpaired) electrons. The van der Waals surface area contributed by atoms with Crippen molar-refractivity contribution in [3.8, 4) is 0 Å². The number of hydrogen-bond acceptors (Lipinski definition) is 0. The summed E-state index contributed by atoms with van der Waals surface area (Å²) < 4.78 is 4.90. The Kier molecular flexibility index (Phi) is 3.61. The molecule has 0 aliphatic rings. The van der Waals surface area contributed by atoms with Gasteiger partial charge in [-0.3, -0.25) is 0 Å². The Morgan fingerprint density at radius 1 is 0.600 bits per heavy atom. The fraction of sp³-hybridized carbons (Fsp3) is 0.143. The summed E-state index contributed by atoms with van der Waals surface area (Å²) in [4.78, 5) is 0. The zero-order chi connectivity index (χ0) is 20.4. The first-order valence-corrected chi connectivity index (χ1v) is 10.6. The molecule has 30 heavy (non-hydrogen) atoms. The van der Waals surface area contributed by atoms with E-state index in [0.717, 1.165) is 6.54 Å². The van der Waals surface area contributed by atoms with Crippen LogP contribution >= 0.6 is 0 Å². The molecule has 2 heterocycles. The van der Waals surface area contributed by atoms with Gasteiger partial charge in [0.05, 0.1) is 11.0 Å². The van der Waals surface area contributed by atoms with E-state index in [1.54, 1.807) is 0 Å². The average molecular weight is 389 g/mol. The fourth-order valence-corrected chi connectivity index (χ4v) is 5.29. The van der Waals surface area contributed by atoms with Crippen LogP contribution in [0.25, 0.3) is 43.6 Å². The number of aromatic nitrogens is 2. The normalized spacial score (nSPS) is 12.0. The van der Waals surface area contributed by atoms with E-state index in [1.807, 2.05) is 0 Å². The van der Waals surface area contributed by atoms with Crippen LogP contribution < -0.4 is 0 Å². The van der Waals surface area contributed by atoms with Crippen LogP contribution in [-0.4, -0.2) is 9.13 Å². The van der Waals surface area contributed by atoms with E-state index < -0.39 is 0 Å². The van der Waals surface area contributed by atoms with E-state index >= 15 is 0 Å². The summed E-state index contributed by atoms with van der Waals surface area (Å²) in [5.74, 6) is 0. The third-order valence-corrected chi connectivity index (χ3v) is 6.79. The minimum Gasteiger partial charge on any atom is -0.343 e. The monoisotopic (exact) mass is 388 g/mol. The maximum atomic E-state index is 2.51. The summed E-state index contributed by atoms with van der Waals surface area (Å²) in [6.45, 7) is 5.45. The number of rotatable bonds is 2. The van der Waals surface area contributed by atoms with Gasteiger partial charge in [0.2, 0.25) is 0 Å². The van der Waals surface area contributed by atoms with E-state index in [4.69, 9.17) is 0 Å². The van der Waals surface area contributed by atoms with Crippen molar-refractivity contribution in [2.75, 3.05) is 0 Å². The fourth-order valence-electron chi connectivity index (χ4n) is 5.29. The third kappa shape index (κ3) is 2.19. The first-order valence-electron chi connectivity index (χ1n) is 10.6. The molecule has 2 heteroatoms. The van der Waals surface area contributed by atoms with E-state index in [1.165, 1.54) is 60.3 Å². The maximum Gasteiger partial charge on any atom is 0.0593 e. The molecule has 0 bridgehead atoms. The Morgan fingerprint density at radius 3 is 1.93 bits per heavy atom. The number of hydrogen-bond donors (Lipinski definition) is 0. The molecule has 0 spiro atoms. The quantitative estimate of drug-likeness (QED) is 0.299. The Hall–Kier alpha value is -3.52. The van der Waals surface area contributed by atoms with E-state index in [0.29, 0.717) is 0 Å². The van der Waals surface area contributed by atoms with Crippen LogP contribution in [0.1, 0.15) is 16.7 Å².